The number of benzene rings is 2. The molecule has 2 aromatic carbocycles. The van der Waals surface area contributed by atoms with Crippen LogP contribution < -0.4 is 15.4 Å². The van der Waals surface area contributed by atoms with Gasteiger partial charge in [-0.3, -0.25) is 19.8 Å². The van der Waals surface area contributed by atoms with Gasteiger partial charge in [0.05, 0.1) is 18.5 Å². The number of aromatic nitrogens is 2. The highest BCUT2D eigenvalue weighted by Crippen LogP contribution is 2.23. The van der Waals surface area contributed by atoms with E-state index >= 15 is 0 Å². The van der Waals surface area contributed by atoms with Gasteiger partial charge >= 0.3 is 0 Å². The molecule has 0 spiro atoms. The molecule has 1 heterocycles. The molecule has 0 fully saturated rings. The highest BCUT2D eigenvalue weighted by Gasteiger charge is 2.13. The number of para-hydroxylation sites is 2. The van der Waals surface area contributed by atoms with Crippen LogP contribution in [-0.4, -0.2) is 35.3 Å². The molecule has 0 saturated heterocycles. The van der Waals surface area contributed by atoms with Gasteiger partial charge in [-0.2, -0.15) is 5.10 Å². The lowest BCUT2D eigenvalue weighted by Crippen LogP contribution is -2.36. The van der Waals surface area contributed by atoms with Crippen LogP contribution in [0.3, 0.4) is 0 Å². The molecule has 0 atom stereocenters. The minimum absolute atomic E-state index is 0.224. The molecule has 3 rings (SSSR count). The van der Waals surface area contributed by atoms with Gasteiger partial charge < -0.3 is 10.1 Å². The van der Waals surface area contributed by atoms with Crippen molar-refractivity contribution in [1.82, 2.24) is 15.1 Å². The summed E-state index contributed by atoms with van der Waals surface area (Å²) in [6.45, 7) is 6.50. The minimum atomic E-state index is -0.224. The first kappa shape index (κ1) is 22.1. The van der Waals surface area contributed by atoms with Crippen molar-refractivity contribution in [2.24, 2.45) is 12.0 Å². The van der Waals surface area contributed by atoms with E-state index in [9.17, 15) is 4.79 Å². The summed E-state index contributed by atoms with van der Waals surface area (Å²) in [6, 6.07) is 15.0. The summed E-state index contributed by atoms with van der Waals surface area (Å²) in [5.41, 5.74) is 5.61. The Labute approximate surface area is 183 Å². The smallest absolute Gasteiger partial charge is 0.257 e. The van der Waals surface area contributed by atoms with E-state index in [2.05, 4.69) is 20.7 Å². The summed E-state index contributed by atoms with van der Waals surface area (Å²) in [5, 5.41) is 10.6. The van der Waals surface area contributed by atoms with Crippen molar-refractivity contribution in [1.29, 1.82) is 0 Å². The van der Waals surface area contributed by atoms with Crippen molar-refractivity contribution in [3.8, 4) is 5.75 Å². The zero-order valence-electron chi connectivity index (χ0n) is 18.7. The molecule has 0 bridgehead atoms. The predicted octanol–water partition coefficient (Wildman–Crippen LogP) is 3.79. The fraction of sp³-hybridized carbons (Fsp3) is 0.292. The number of aliphatic imine (C=N–C) groups is 1. The summed E-state index contributed by atoms with van der Waals surface area (Å²) in [4.78, 5) is 17.5. The highest BCUT2D eigenvalue weighted by molar-refractivity contribution is 6.10. The molecule has 3 aromatic rings. The number of carbonyl (C=O) groups excluding carboxylic acids is 1. The van der Waals surface area contributed by atoms with Crippen molar-refractivity contribution < 1.29 is 9.53 Å². The molecule has 162 valence electrons. The molecule has 7 nitrogen and oxygen atoms in total. The molecule has 7 heteroatoms. The zero-order valence-corrected chi connectivity index (χ0v) is 18.7. The Bertz CT molecular complexity index is 1100. The number of rotatable bonds is 6. The number of amides is 1. The standard InChI is InChI=1S/C24H29N5O2/c1-16-9-8-10-19(15-16)23(30)27-24(26-21-11-6-7-12-22(21)31-5)25-14-13-20-17(2)28-29(4)18(20)3/h6-12,15H,13-14H2,1-5H3,(H2,25,26,27,30). The third-order valence-corrected chi connectivity index (χ3v) is 5.16. The van der Waals surface area contributed by atoms with E-state index in [4.69, 9.17) is 4.74 Å². The third-order valence-electron chi connectivity index (χ3n) is 5.16. The van der Waals surface area contributed by atoms with Crippen molar-refractivity contribution in [2.45, 2.75) is 27.2 Å². The van der Waals surface area contributed by atoms with Crippen LogP contribution in [0.15, 0.2) is 53.5 Å². The highest BCUT2D eigenvalue weighted by atomic mass is 16.5. The van der Waals surface area contributed by atoms with Gasteiger partial charge in [0, 0.05) is 24.8 Å². The second kappa shape index (κ2) is 9.93. The molecule has 0 saturated carbocycles. The predicted molar refractivity (Wildman–Crippen MR) is 124 cm³/mol. The Balaban J connectivity index is 1.82. The van der Waals surface area contributed by atoms with Gasteiger partial charge in [0.2, 0.25) is 5.96 Å². The fourth-order valence-electron chi connectivity index (χ4n) is 3.41. The Hall–Kier alpha value is -3.61. The topological polar surface area (TPSA) is 80.5 Å². The Morgan fingerprint density at radius 1 is 1.13 bits per heavy atom. The Morgan fingerprint density at radius 2 is 1.90 bits per heavy atom. The molecule has 2 N–H and O–H groups in total. The maximum atomic E-state index is 12.8. The largest absolute Gasteiger partial charge is 0.495 e. The van der Waals surface area contributed by atoms with Crippen molar-refractivity contribution >= 4 is 17.6 Å². The van der Waals surface area contributed by atoms with E-state index in [1.165, 1.54) is 5.56 Å². The van der Waals surface area contributed by atoms with Gasteiger partial charge in [0.25, 0.3) is 5.91 Å². The molecule has 1 amide bonds. The number of nitrogens with one attached hydrogen (secondary N) is 2. The van der Waals surface area contributed by atoms with E-state index < -0.39 is 0 Å². The number of aryl methyl sites for hydroxylation is 3. The molecule has 0 radical (unpaired) electrons. The van der Waals surface area contributed by atoms with Gasteiger partial charge in [-0.05, 0) is 57.0 Å². The molecule has 0 aliphatic rings. The summed E-state index contributed by atoms with van der Waals surface area (Å²) < 4.78 is 7.30. The quantitative estimate of drug-likeness (QED) is 0.471. The molecule has 0 aliphatic carbocycles. The van der Waals surface area contributed by atoms with Crippen molar-refractivity contribution in [3.05, 3.63) is 76.6 Å². The number of methoxy groups -OCH3 is 1. The average molecular weight is 420 g/mol. The number of hydrogen-bond acceptors (Lipinski definition) is 4. The van der Waals surface area contributed by atoms with E-state index in [1.807, 2.05) is 75.0 Å². The lowest BCUT2D eigenvalue weighted by atomic mass is 10.1. The zero-order chi connectivity index (χ0) is 22.4. The number of guanidine groups is 1. The molecule has 0 aliphatic heterocycles. The lowest BCUT2D eigenvalue weighted by molar-refractivity contribution is 0.0977. The third kappa shape index (κ3) is 5.51. The van der Waals surface area contributed by atoms with Gasteiger partial charge in [-0.1, -0.05) is 29.8 Å². The summed E-state index contributed by atoms with van der Waals surface area (Å²) in [6.07, 6.45) is 0.725. The van der Waals surface area contributed by atoms with E-state index in [-0.39, 0.29) is 5.91 Å². The summed E-state index contributed by atoms with van der Waals surface area (Å²) in [7, 11) is 3.54. The first-order valence-corrected chi connectivity index (χ1v) is 10.2. The van der Waals surface area contributed by atoms with Gasteiger partial charge in [0.15, 0.2) is 0 Å². The van der Waals surface area contributed by atoms with Crippen LogP contribution in [0.1, 0.15) is 32.9 Å². The SMILES string of the molecule is COc1ccccc1NC(=NCCc1c(C)nn(C)c1C)NC(=O)c1cccc(C)c1. The number of anilines is 1. The maximum Gasteiger partial charge on any atom is 0.257 e. The maximum absolute atomic E-state index is 12.8. The first-order valence-electron chi connectivity index (χ1n) is 10.2. The van der Waals surface area contributed by atoms with Crippen LogP contribution >= 0.6 is 0 Å². The second-order valence-corrected chi connectivity index (χ2v) is 7.40. The molecular weight excluding hydrogens is 390 g/mol. The second-order valence-electron chi connectivity index (χ2n) is 7.40. The monoisotopic (exact) mass is 419 g/mol. The fourth-order valence-corrected chi connectivity index (χ4v) is 3.41. The normalized spacial score (nSPS) is 11.3. The van der Waals surface area contributed by atoms with Crippen molar-refractivity contribution in [3.63, 3.8) is 0 Å². The van der Waals surface area contributed by atoms with Gasteiger partial charge in [0.1, 0.15) is 5.75 Å². The lowest BCUT2D eigenvalue weighted by Gasteiger charge is -2.14. The minimum Gasteiger partial charge on any atom is -0.495 e. The van der Waals surface area contributed by atoms with Crippen LogP contribution in [0, 0.1) is 20.8 Å². The number of carbonyl (C=O) groups is 1. The molecule has 31 heavy (non-hydrogen) atoms. The van der Waals surface area contributed by atoms with E-state index in [0.717, 1.165) is 29.1 Å². The van der Waals surface area contributed by atoms with Crippen LogP contribution in [0.4, 0.5) is 5.69 Å². The van der Waals surface area contributed by atoms with E-state index in [0.29, 0.717) is 23.8 Å². The molecule has 1 aromatic heterocycles. The number of ether oxygens (including phenoxy) is 1. The van der Waals surface area contributed by atoms with Gasteiger partial charge in [-0.15, -0.1) is 0 Å². The van der Waals surface area contributed by atoms with Crippen LogP contribution in [0.2, 0.25) is 0 Å². The number of nitrogens with zero attached hydrogens (tertiary/aromatic N) is 3. The van der Waals surface area contributed by atoms with Crippen LogP contribution in [0.5, 0.6) is 5.75 Å². The molecule has 0 unspecified atom stereocenters. The molecular formula is C24H29N5O2. The number of hydrogen-bond donors (Lipinski definition) is 2. The first-order chi connectivity index (χ1) is 14.9. The van der Waals surface area contributed by atoms with Crippen molar-refractivity contribution in [2.75, 3.05) is 19.0 Å². The summed E-state index contributed by atoms with van der Waals surface area (Å²) >= 11 is 0. The summed E-state index contributed by atoms with van der Waals surface area (Å²) in [5.74, 6) is 0.813. The average Bonchev–Trinajstić information content (AvgIpc) is 2.99. The van der Waals surface area contributed by atoms with Crippen LogP contribution in [-0.2, 0) is 13.5 Å². The van der Waals surface area contributed by atoms with Crippen LogP contribution in [0.25, 0.3) is 0 Å². The Morgan fingerprint density at radius 3 is 2.58 bits per heavy atom. The van der Waals surface area contributed by atoms with E-state index in [1.54, 1.807) is 13.2 Å². The van der Waals surface area contributed by atoms with Gasteiger partial charge in [-0.25, -0.2) is 0 Å². The Kier molecular flexibility index (Phi) is 7.07.